The largest absolute Gasteiger partial charge is 0.350 e. The van der Waals surface area contributed by atoms with Gasteiger partial charge < -0.3 is 10.2 Å². The van der Waals surface area contributed by atoms with Crippen molar-refractivity contribution in [2.24, 2.45) is 0 Å². The molecule has 2 amide bonds. The molecule has 0 spiro atoms. The average Bonchev–Trinajstić information content (AvgIpc) is 2.50. The third kappa shape index (κ3) is 4.98. The molecule has 0 radical (unpaired) electrons. The Morgan fingerprint density at radius 1 is 1.04 bits per heavy atom. The van der Waals surface area contributed by atoms with E-state index < -0.39 is 0 Å². The number of halogens is 2. The molecule has 0 fully saturated rings. The number of rotatable bonds is 5. The third-order valence-corrected chi connectivity index (χ3v) is 3.63. The second-order valence-electron chi connectivity index (χ2n) is 4.92. The predicted molar refractivity (Wildman–Crippen MR) is 93.3 cm³/mol. The summed E-state index contributed by atoms with van der Waals surface area (Å²) in [5, 5.41) is 3.69. The molecule has 0 aliphatic heterocycles. The van der Waals surface area contributed by atoms with Crippen molar-refractivity contribution in [1.29, 1.82) is 0 Å². The SMILES string of the molecule is CC(=O)N(CCNC(=O)c1ccccc1)c1cc(Cl)cc(Cl)c1. The molecule has 4 nitrogen and oxygen atoms in total. The molecule has 1 N–H and O–H groups in total. The quantitative estimate of drug-likeness (QED) is 0.891. The highest BCUT2D eigenvalue weighted by Crippen LogP contribution is 2.25. The number of hydrogen-bond donors (Lipinski definition) is 1. The first-order valence-corrected chi connectivity index (χ1v) is 7.80. The van der Waals surface area contributed by atoms with Crippen LogP contribution < -0.4 is 10.2 Å². The summed E-state index contributed by atoms with van der Waals surface area (Å²) >= 11 is 11.9. The number of carbonyl (C=O) groups is 2. The van der Waals surface area contributed by atoms with Crippen molar-refractivity contribution in [2.75, 3.05) is 18.0 Å². The Morgan fingerprint density at radius 3 is 2.22 bits per heavy atom. The van der Waals surface area contributed by atoms with E-state index in [2.05, 4.69) is 5.32 Å². The first-order valence-electron chi connectivity index (χ1n) is 7.05. The minimum Gasteiger partial charge on any atom is -0.350 e. The van der Waals surface area contributed by atoms with Gasteiger partial charge >= 0.3 is 0 Å². The van der Waals surface area contributed by atoms with Crippen LogP contribution in [-0.4, -0.2) is 24.9 Å². The Kier molecular flexibility index (Phi) is 6.02. The van der Waals surface area contributed by atoms with Crippen molar-refractivity contribution in [2.45, 2.75) is 6.92 Å². The monoisotopic (exact) mass is 350 g/mol. The lowest BCUT2D eigenvalue weighted by molar-refractivity contribution is -0.116. The van der Waals surface area contributed by atoms with E-state index in [0.29, 0.717) is 34.4 Å². The van der Waals surface area contributed by atoms with Gasteiger partial charge in [0.2, 0.25) is 5.91 Å². The van der Waals surface area contributed by atoms with Crippen molar-refractivity contribution in [3.05, 3.63) is 64.1 Å². The summed E-state index contributed by atoms with van der Waals surface area (Å²) in [4.78, 5) is 25.3. The average molecular weight is 351 g/mol. The molecule has 0 unspecified atom stereocenters. The first-order chi connectivity index (χ1) is 11.0. The van der Waals surface area contributed by atoms with Gasteiger partial charge in [-0.1, -0.05) is 41.4 Å². The summed E-state index contributed by atoms with van der Waals surface area (Å²) in [5.41, 5.74) is 1.18. The van der Waals surface area contributed by atoms with Gasteiger partial charge in [-0.05, 0) is 30.3 Å². The molecular weight excluding hydrogens is 335 g/mol. The number of amides is 2. The molecule has 0 saturated heterocycles. The zero-order valence-corrected chi connectivity index (χ0v) is 14.1. The molecule has 0 bridgehead atoms. The lowest BCUT2D eigenvalue weighted by Gasteiger charge is -2.22. The van der Waals surface area contributed by atoms with Gasteiger partial charge in [0, 0.05) is 41.3 Å². The van der Waals surface area contributed by atoms with Gasteiger partial charge in [0.1, 0.15) is 0 Å². The van der Waals surface area contributed by atoms with Crippen LogP contribution in [0.15, 0.2) is 48.5 Å². The maximum absolute atomic E-state index is 12.0. The summed E-state index contributed by atoms with van der Waals surface area (Å²) in [7, 11) is 0. The normalized spacial score (nSPS) is 10.2. The maximum Gasteiger partial charge on any atom is 0.251 e. The molecular formula is C17H16Cl2N2O2. The standard InChI is InChI=1S/C17H16Cl2N2O2/c1-12(22)21(16-10-14(18)9-15(19)11-16)8-7-20-17(23)13-5-3-2-4-6-13/h2-6,9-11H,7-8H2,1H3,(H,20,23). The fraction of sp³-hybridized carbons (Fsp3) is 0.176. The van der Waals surface area contributed by atoms with E-state index in [-0.39, 0.29) is 11.8 Å². The van der Waals surface area contributed by atoms with Crippen LogP contribution in [0.5, 0.6) is 0 Å². The van der Waals surface area contributed by atoms with Gasteiger partial charge in [-0.2, -0.15) is 0 Å². The third-order valence-electron chi connectivity index (χ3n) is 3.20. The van der Waals surface area contributed by atoms with Crippen molar-refractivity contribution >= 4 is 40.7 Å². The highest BCUT2D eigenvalue weighted by molar-refractivity contribution is 6.35. The van der Waals surface area contributed by atoms with Crippen LogP contribution in [0.4, 0.5) is 5.69 Å². The van der Waals surface area contributed by atoms with E-state index >= 15 is 0 Å². The van der Waals surface area contributed by atoms with E-state index in [1.54, 1.807) is 42.5 Å². The zero-order valence-electron chi connectivity index (χ0n) is 12.6. The number of nitrogens with zero attached hydrogens (tertiary/aromatic N) is 1. The Labute approximate surface area is 145 Å². The van der Waals surface area contributed by atoms with Crippen molar-refractivity contribution in [3.8, 4) is 0 Å². The van der Waals surface area contributed by atoms with E-state index in [1.807, 2.05) is 6.07 Å². The van der Waals surface area contributed by atoms with Gasteiger partial charge in [0.05, 0.1) is 0 Å². The fourth-order valence-electron chi connectivity index (χ4n) is 2.14. The van der Waals surface area contributed by atoms with Gasteiger partial charge in [-0.15, -0.1) is 0 Å². The molecule has 2 aromatic rings. The minimum atomic E-state index is -0.182. The topological polar surface area (TPSA) is 49.4 Å². The van der Waals surface area contributed by atoms with Crippen molar-refractivity contribution in [1.82, 2.24) is 5.32 Å². The Bertz CT molecular complexity index is 685. The molecule has 0 heterocycles. The van der Waals surface area contributed by atoms with Gasteiger partial charge in [-0.3, -0.25) is 9.59 Å². The summed E-state index contributed by atoms with van der Waals surface area (Å²) < 4.78 is 0. The summed E-state index contributed by atoms with van der Waals surface area (Å²) in [6, 6.07) is 13.8. The number of nitrogens with one attached hydrogen (secondary N) is 1. The molecule has 0 aliphatic carbocycles. The molecule has 0 aromatic heterocycles. The van der Waals surface area contributed by atoms with Crippen LogP contribution in [0.1, 0.15) is 17.3 Å². The molecule has 6 heteroatoms. The van der Waals surface area contributed by atoms with Crippen LogP contribution in [0, 0.1) is 0 Å². The molecule has 0 atom stereocenters. The lowest BCUT2D eigenvalue weighted by Crippen LogP contribution is -2.37. The number of anilines is 1. The van der Waals surface area contributed by atoms with E-state index in [4.69, 9.17) is 23.2 Å². The zero-order chi connectivity index (χ0) is 16.8. The summed E-state index contributed by atoms with van der Waals surface area (Å²) in [6.45, 7) is 2.09. The van der Waals surface area contributed by atoms with Gasteiger partial charge in [0.25, 0.3) is 5.91 Å². The summed E-state index contributed by atoms with van der Waals surface area (Å²) in [6.07, 6.45) is 0. The fourth-order valence-corrected chi connectivity index (χ4v) is 2.65. The van der Waals surface area contributed by atoms with E-state index in [1.165, 1.54) is 11.8 Å². The highest BCUT2D eigenvalue weighted by atomic mass is 35.5. The predicted octanol–water partition coefficient (Wildman–Crippen LogP) is 3.78. The van der Waals surface area contributed by atoms with Crippen LogP contribution in [0.2, 0.25) is 10.0 Å². The number of benzene rings is 2. The van der Waals surface area contributed by atoms with Crippen LogP contribution in [-0.2, 0) is 4.79 Å². The smallest absolute Gasteiger partial charge is 0.251 e. The van der Waals surface area contributed by atoms with Crippen molar-refractivity contribution < 1.29 is 9.59 Å². The second-order valence-corrected chi connectivity index (χ2v) is 5.79. The Balaban J connectivity index is 2.01. The summed E-state index contributed by atoms with van der Waals surface area (Å²) in [5.74, 6) is -0.337. The first kappa shape index (κ1) is 17.3. The highest BCUT2D eigenvalue weighted by Gasteiger charge is 2.13. The molecule has 23 heavy (non-hydrogen) atoms. The maximum atomic E-state index is 12.0. The molecule has 2 rings (SSSR count). The van der Waals surface area contributed by atoms with Crippen molar-refractivity contribution in [3.63, 3.8) is 0 Å². The molecule has 120 valence electrons. The Hall–Kier alpha value is -2.04. The van der Waals surface area contributed by atoms with Gasteiger partial charge in [0.15, 0.2) is 0 Å². The minimum absolute atomic E-state index is 0.155. The van der Waals surface area contributed by atoms with Gasteiger partial charge in [-0.25, -0.2) is 0 Å². The Morgan fingerprint density at radius 2 is 1.65 bits per heavy atom. The number of hydrogen-bond acceptors (Lipinski definition) is 2. The second kappa shape index (κ2) is 7.99. The number of carbonyl (C=O) groups excluding carboxylic acids is 2. The van der Waals surface area contributed by atoms with E-state index in [0.717, 1.165) is 0 Å². The van der Waals surface area contributed by atoms with E-state index in [9.17, 15) is 9.59 Å². The molecule has 0 saturated carbocycles. The molecule has 0 aliphatic rings. The van der Waals surface area contributed by atoms with Crippen LogP contribution >= 0.6 is 23.2 Å². The molecule has 2 aromatic carbocycles. The lowest BCUT2D eigenvalue weighted by atomic mass is 10.2. The van der Waals surface area contributed by atoms with Crippen LogP contribution in [0.25, 0.3) is 0 Å². The van der Waals surface area contributed by atoms with Crippen LogP contribution in [0.3, 0.4) is 0 Å².